The molecule has 2 aromatic rings. The van der Waals surface area contributed by atoms with Gasteiger partial charge in [-0.25, -0.2) is 9.78 Å². The molecule has 0 spiro atoms. The molecule has 5 heteroatoms. The van der Waals surface area contributed by atoms with E-state index in [-0.39, 0.29) is 5.69 Å². The van der Waals surface area contributed by atoms with E-state index in [2.05, 4.69) is 9.97 Å². The molecule has 2 rings (SSSR count). The number of carbonyl (C=O) groups is 1. The second kappa shape index (κ2) is 5.35. The van der Waals surface area contributed by atoms with Gasteiger partial charge in [0.05, 0.1) is 12.8 Å². The molecule has 0 saturated carbocycles. The Morgan fingerprint density at radius 1 is 1.50 bits per heavy atom. The normalized spacial score (nSPS) is 10.3. The highest BCUT2D eigenvalue weighted by molar-refractivity contribution is 5.85. The molecule has 2 N–H and O–H groups in total. The number of aromatic carboxylic acids is 1. The average Bonchev–Trinajstić information content (AvgIpc) is 2.86. The van der Waals surface area contributed by atoms with Crippen molar-refractivity contribution >= 4 is 5.97 Å². The number of aromatic nitrogens is 2. The third-order valence-electron chi connectivity index (χ3n) is 2.39. The van der Waals surface area contributed by atoms with Gasteiger partial charge in [0.15, 0.2) is 0 Å². The first-order chi connectivity index (χ1) is 8.70. The van der Waals surface area contributed by atoms with Crippen LogP contribution >= 0.6 is 0 Å². The average molecular weight is 246 g/mol. The summed E-state index contributed by atoms with van der Waals surface area (Å²) in [7, 11) is 0. The number of nitrogens with one attached hydrogen (secondary N) is 1. The number of H-pyrrole nitrogens is 1. The lowest BCUT2D eigenvalue weighted by atomic mass is 10.2. The van der Waals surface area contributed by atoms with Crippen LogP contribution in [0, 0.1) is 0 Å². The first-order valence-corrected chi connectivity index (χ1v) is 5.72. The summed E-state index contributed by atoms with van der Waals surface area (Å²) in [6, 6.07) is 7.40. The summed E-state index contributed by atoms with van der Waals surface area (Å²) in [5, 5.41) is 8.82. The summed E-state index contributed by atoms with van der Waals surface area (Å²) in [4.78, 5) is 17.5. The molecule has 0 bridgehead atoms. The van der Waals surface area contributed by atoms with Crippen molar-refractivity contribution in [2.45, 2.75) is 13.3 Å². The second-order valence-electron chi connectivity index (χ2n) is 3.83. The fourth-order valence-electron chi connectivity index (χ4n) is 1.53. The molecule has 0 atom stereocenters. The van der Waals surface area contributed by atoms with Crippen molar-refractivity contribution in [2.75, 3.05) is 6.61 Å². The van der Waals surface area contributed by atoms with Crippen LogP contribution in [0.4, 0.5) is 0 Å². The molecule has 0 saturated heterocycles. The monoisotopic (exact) mass is 246 g/mol. The van der Waals surface area contributed by atoms with E-state index >= 15 is 0 Å². The third kappa shape index (κ3) is 2.68. The van der Waals surface area contributed by atoms with Gasteiger partial charge < -0.3 is 14.8 Å². The summed E-state index contributed by atoms with van der Waals surface area (Å²) >= 11 is 0. The molecular weight excluding hydrogens is 232 g/mol. The van der Waals surface area contributed by atoms with Gasteiger partial charge >= 0.3 is 5.97 Å². The molecule has 0 aliphatic carbocycles. The highest BCUT2D eigenvalue weighted by Crippen LogP contribution is 2.21. The zero-order valence-electron chi connectivity index (χ0n) is 10.0. The highest BCUT2D eigenvalue weighted by Gasteiger charge is 2.09. The van der Waals surface area contributed by atoms with Gasteiger partial charge in [-0.1, -0.05) is 19.1 Å². The van der Waals surface area contributed by atoms with Crippen molar-refractivity contribution in [2.24, 2.45) is 0 Å². The number of hydrogen-bond donors (Lipinski definition) is 2. The summed E-state index contributed by atoms with van der Waals surface area (Å²) in [6.07, 6.45) is 2.24. The number of rotatable bonds is 5. The van der Waals surface area contributed by atoms with Crippen molar-refractivity contribution in [3.05, 3.63) is 36.2 Å². The van der Waals surface area contributed by atoms with Crippen LogP contribution in [0.1, 0.15) is 23.8 Å². The summed E-state index contributed by atoms with van der Waals surface area (Å²) < 4.78 is 5.51. The number of hydrogen-bond acceptors (Lipinski definition) is 3. The van der Waals surface area contributed by atoms with Crippen LogP contribution in [0.2, 0.25) is 0 Å². The van der Waals surface area contributed by atoms with Crippen LogP contribution in [0.15, 0.2) is 30.5 Å². The van der Waals surface area contributed by atoms with Crippen molar-refractivity contribution in [1.29, 1.82) is 0 Å². The fourth-order valence-corrected chi connectivity index (χ4v) is 1.53. The number of aromatic amines is 1. The second-order valence-corrected chi connectivity index (χ2v) is 3.83. The summed E-state index contributed by atoms with van der Waals surface area (Å²) in [5.74, 6) is 0.254. The predicted octanol–water partition coefficient (Wildman–Crippen LogP) is 2.56. The molecule has 0 aliphatic rings. The molecule has 5 nitrogen and oxygen atoms in total. The lowest BCUT2D eigenvalue weighted by molar-refractivity contribution is 0.0691. The fraction of sp³-hybridized carbons (Fsp3) is 0.231. The Labute approximate surface area is 104 Å². The predicted molar refractivity (Wildman–Crippen MR) is 66.8 cm³/mol. The van der Waals surface area contributed by atoms with Crippen LogP contribution < -0.4 is 4.74 Å². The van der Waals surface area contributed by atoms with Crippen molar-refractivity contribution in [1.82, 2.24) is 9.97 Å². The van der Waals surface area contributed by atoms with Crippen molar-refractivity contribution in [3.63, 3.8) is 0 Å². The molecule has 0 fully saturated rings. The molecule has 1 aromatic carbocycles. The quantitative estimate of drug-likeness (QED) is 0.850. The van der Waals surface area contributed by atoms with Crippen LogP contribution in [-0.2, 0) is 0 Å². The Morgan fingerprint density at radius 3 is 3.00 bits per heavy atom. The van der Waals surface area contributed by atoms with E-state index in [0.29, 0.717) is 12.4 Å². The van der Waals surface area contributed by atoms with Gasteiger partial charge in [-0.2, -0.15) is 0 Å². The Balaban J connectivity index is 2.23. The first-order valence-electron chi connectivity index (χ1n) is 5.72. The van der Waals surface area contributed by atoms with Crippen molar-refractivity contribution in [3.8, 4) is 17.1 Å². The van der Waals surface area contributed by atoms with E-state index in [9.17, 15) is 4.79 Å². The van der Waals surface area contributed by atoms with Gasteiger partial charge in [0, 0.05) is 5.56 Å². The van der Waals surface area contributed by atoms with Gasteiger partial charge in [0.25, 0.3) is 0 Å². The van der Waals surface area contributed by atoms with E-state index in [0.717, 1.165) is 17.7 Å². The van der Waals surface area contributed by atoms with Gasteiger partial charge in [-0.15, -0.1) is 0 Å². The molecular formula is C13H14N2O3. The maximum absolute atomic E-state index is 10.8. The van der Waals surface area contributed by atoms with E-state index in [1.54, 1.807) is 0 Å². The molecule has 0 unspecified atom stereocenters. The number of imidazole rings is 1. The maximum atomic E-state index is 10.8. The Hall–Kier alpha value is -2.30. The van der Waals surface area contributed by atoms with Crippen LogP contribution in [0.3, 0.4) is 0 Å². The van der Waals surface area contributed by atoms with Gasteiger partial charge in [0.1, 0.15) is 17.3 Å². The van der Waals surface area contributed by atoms with E-state index in [1.807, 2.05) is 31.2 Å². The minimum absolute atomic E-state index is 0.0740. The standard InChI is InChI=1S/C13H14N2O3/c1-2-6-18-10-5-3-4-9(7-10)12-14-8-11(15-12)13(16)17/h3-5,7-8H,2,6H2,1H3,(H,14,15)(H,16,17). The Morgan fingerprint density at radius 2 is 2.33 bits per heavy atom. The first kappa shape index (κ1) is 12.2. The van der Waals surface area contributed by atoms with Gasteiger partial charge in [-0.3, -0.25) is 0 Å². The molecule has 94 valence electrons. The number of carboxylic acids is 1. The lowest BCUT2D eigenvalue weighted by Gasteiger charge is -2.05. The van der Waals surface area contributed by atoms with E-state index < -0.39 is 5.97 Å². The van der Waals surface area contributed by atoms with Crippen LogP contribution in [-0.4, -0.2) is 27.7 Å². The Kier molecular flexibility index (Phi) is 3.62. The SMILES string of the molecule is CCCOc1cccc(-c2ncc(C(=O)O)[nH]2)c1. The molecule has 0 aliphatic heterocycles. The molecule has 1 aromatic heterocycles. The number of nitrogens with zero attached hydrogens (tertiary/aromatic N) is 1. The highest BCUT2D eigenvalue weighted by atomic mass is 16.5. The third-order valence-corrected chi connectivity index (χ3v) is 2.39. The number of ether oxygens (including phenoxy) is 1. The molecule has 18 heavy (non-hydrogen) atoms. The van der Waals surface area contributed by atoms with Gasteiger partial charge in [-0.05, 0) is 18.6 Å². The minimum Gasteiger partial charge on any atom is -0.494 e. The van der Waals surface area contributed by atoms with Gasteiger partial charge in [0.2, 0.25) is 0 Å². The smallest absolute Gasteiger partial charge is 0.353 e. The van der Waals surface area contributed by atoms with Crippen LogP contribution in [0.25, 0.3) is 11.4 Å². The summed E-state index contributed by atoms with van der Waals surface area (Å²) in [5.41, 5.74) is 0.876. The molecule has 0 amide bonds. The van der Waals surface area contributed by atoms with E-state index in [4.69, 9.17) is 9.84 Å². The van der Waals surface area contributed by atoms with Crippen LogP contribution in [0.5, 0.6) is 5.75 Å². The van der Waals surface area contributed by atoms with Crippen molar-refractivity contribution < 1.29 is 14.6 Å². The van der Waals surface area contributed by atoms with E-state index in [1.165, 1.54) is 6.20 Å². The zero-order valence-corrected chi connectivity index (χ0v) is 10.0. The largest absolute Gasteiger partial charge is 0.494 e. The summed E-state index contributed by atoms with van der Waals surface area (Å²) in [6.45, 7) is 2.69. The number of carboxylic acid groups (broad SMARTS) is 1. The molecule has 1 heterocycles. The maximum Gasteiger partial charge on any atom is 0.353 e. The lowest BCUT2D eigenvalue weighted by Crippen LogP contribution is -1.96. The minimum atomic E-state index is -1.02. The number of benzene rings is 1. The Bertz CT molecular complexity index is 549. The topological polar surface area (TPSA) is 75.2 Å². The zero-order chi connectivity index (χ0) is 13.0. The molecule has 0 radical (unpaired) electrons.